The number of benzene rings is 2. The number of carbonyl (C=O) groups is 2. The molecule has 0 atom stereocenters. The van der Waals surface area contributed by atoms with E-state index in [9.17, 15) is 23.1 Å². The van der Waals surface area contributed by atoms with Gasteiger partial charge in [-0.05, 0) is 49.2 Å². The van der Waals surface area contributed by atoms with Gasteiger partial charge in [0.05, 0.1) is 25.2 Å². The number of aromatic carboxylic acids is 1. The van der Waals surface area contributed by atoms with Crippen LogP contribution in [0.15, 0.2) is 73.6 Å². The predicted molar refractivity (Wildman–Crippen MR) is 138 cm³/mol. The summed E-state index contributed by atoms with van der Waals surface area (Å²) >= 11 is 5.57. The molecule has 1 amide bonds. The van der Waals surface area contributed by atoms with Gasteiger partial charge in [-0.25, -0.2) is 13.2 Å². The minimum absolute atomic E-state index is 0.0117. The van der Waals surface area contributed by atoms with Gasteiger partial charge in [0, 0.05) is 15.2 Å². The van der Waals surface area contributed by atoms with Gasteiger partial charge in [-0.3, -0.25) is 4.79 Å². The Morgan fingerprint density at radius 2 is 1.59 bits per heavy atom. The molecule has 2 aromatic heterocycles. The third-order valence-electron chi connectivity index (χ3n) is 5.18. The van der Waals surface area contributed by atoms with Gasteiger partial charge in [0.25, 0.3) is 5.91 Å². The number of sulfone groups is 1. The van der Waals surface area contributed by atoms with Gasteiger partial charge in [0.15, 0.2) is 0 Å². The van der Waals surface area contributed by atoms with E-state index < -0.39 is 21.7 Å². The average Bonchev–Trinajstić information content (AvgIpc) is 3.38. The monoisotopic (exact) mass is 575 g/mol. The molecule has 0 aliphatic rings. The van der Waals surface area contributed by atoms with Crippen molar-refractivity contribution < 1.29 is 23.1 Å². The largest absolute Gasteiger partial charge is 0.478 e. The standard InChI is InChI=1S/C24H18BrNO5S3/c1-13-3-9-17(10-4-13)34(30,31)19-12-33-21(14(19)2)23(27)26-18-11-32-22(20(18)24(28)29)15-5-7-16(25)8-6-15/h3-12H,1-2H3,(H,26,27)(H,28,29). The summed E-state index contributed by atoms with van der Waals surface area (Å²) in [5, 5.41) is 15.5. The first-order valence-electron chi connectivity index (χ1n) is 9.91. The van der Waals surface area contributed by atoms with Gasteiger partial charge >= 0.3 is 5.97 Å². The number of hydrogen-bond donors (Lipinski definition) is 2. The fourth-order valence-electron chi connectivity index (χ4n) is 3.39. The smallest absolute Gasteiger partial charge is 0.339 e. The van der Waals surface area contributed by atoms with Crippen LogP contribution in [0.2, 0.25) is 0 Å². The maximum Gasteiger partial charge on any atom is 0.339 e. The highest BCUT2D eigenvalue weighted by atomic mass is 79.9. The molecule has 0 radical (unpaired) electrons. The number of thiophene rings is 2. The first kappa shape index (κ1) is 24.3. The van der Waals surface area contributed by atoms with E-state index in [1.807, 2.05) is 19.1 Å². The topological polar surface area (TPSA) is 101 Å². The maximum absolute atomic E-state index is 13.1. The SMILES string of the molecule is Cc1ccc(S(=O)(=O)c2csc(C(=O)Nc3csc(-c4ccc(Br)cc4)c3C(=O)O)c2C)cc1. The summed E-state index contributed by atoms with van der Waals surface area (Å²) in [5.74, 6) is -1.73. The molecule has 34 heavy (non-hydrogen) atoms. The van der Waals surface area contributed by atoms with Crippen molar-refractivity contribution in [2.75, 3.05) is 5.32 Å². The molecule has 0 aliphatic carbocycles. The van der Waals surface area contributed by atoms with Crippen LogP contribution >= 0.6 is 38.6 Å². The van der Waals surface area contributed by atoms with Crippen molar-refractivity contribution in [3.8, 4) is 10.4 Å². The lowest BCUT2D eigenvalue weighted by molar-refractivity contribution is 0.0699. The number of carboxylic acids is 1. The molecule has 2 aromatic carbocycles. The second-order valence-corrected chi connectivity index (χ2v) is 12.1. The van der Waals surface area contributed by atoms with Crippen LogP contribution in [0.4, 0.5) is 5.69 Å². The Bertz CT molecular complexity index is 1500. The number of carbonyl (C=O) groups excluding carboxylic acids is 1. The highest BCUT2D eigenvalue weighted by molar-refractivity contribution is 9.10. The number of nitrogens with one attached hydrogen (secondary N) is 1. The fourth-order valence-corrected chi connectivity index (χ4v) is 7.47. The molecule has 0 saturated heterocycles. The van der Waals surface area contributed by atoms with E-state index >= 15 is 0 Å². The Morgan fingerprint density at radius 3 is 2.21 bits per heavy atom. The molecule has 0 bridgehead atoms. The van der Waals surface area contributed by atoms with Crippen molar-refractivity contribution in [1.82, 2.24) is 0 Å². The molecule has 6 nitrogen and oxygen atoms in total. The molecule has 2 heterocycles. The van der Waals surface area contributed by atoms with Crippen LogP contribution in [0.1, 0.15) is 31.2 Å². The molecule has 0 fully saturated rings. The molecule has 0 aliphatic heterocycles. The molecule has 174 valence electrons. The first-order chi connectivity index (χ1) is 16.1. The highest BCUT2D eigenvalue weighted by Crippen LogP contribution is 2.37. The summed E-state index contributed by atoms with van der Waals surface area (Å²) in [6.07, 6.45) is 0. The van der Waals surface area contributed by atoms with Crippen LogP contribution < -0.4 is 5.32 Å². The molecule has 2 N–H and O–H groups in total. The zero-order valence-electron chi connectivity index (χ0n) is 18.0. The summed E-state index contributed by atoms with van der Waals surface area (Å²) in [6, 6.07) is 13.7. The Labute approximate surface area is 213 Å². The summed E-state index contributed by atoms with van der Waals surface area (Å²) < 4.78 is 27.0. The van der Waals surface area contributed by atoms with Crippen LogP contribution in [0.3, 0.4) is 0 Å². The third kappa shape index (κ3) is 4.58. The average molecular weight is 577 g/mol. The van der Waals surface area contributed by atoms with E-state index in [1.165, 1.54) is 28.8 Å². The lowest BCUT2D eigenvalue weighted by Crippen LogP contribution is -2.14. The second kappa shape index (κ2) is 9.46. The molecule has 0 spiro atoms. The van der Waals surface area contributed by atoms with Crippen molar-refractivity contribution >= 4 is 66.0 Å². The van der Waals surface area contributed by atoms with Crippen molar-refractivity contribution in [1.29, 1.82) is 0 Å². The third-order valence-corrected chi connectivity index (χ3v) is 9.86. The van der Waals surface area contributed by atoms with E-state index in [0.717, 1.165) is 21.4 Å². The summed E-state index contributed by atoms with van der Waals surface area (Å²) in [4.78, 5) is 26.0. The summed E-state index contributed by atoms with van der Waals surface area (Å²) in [6.45, 7) is 3.44. The van der Waals surface area contributed by atoms with Gasteiger partial charge < -0.3 is 10.4 Å². The van der Waals surface area contributed by atoms with E-state index in [-0.39, 0.29) is 25.9 Å². The number of hydrogen-bond acceptors (Lipinski definition) is 6. The Balaban J connectivity index is 1.66. The maximum atomic E-state index is 13.1. The van der Waals surface area contributed by atoms with Gasteiger partial charge in [0.1, 0.15) is 5.56 Å². The zero-order chi connectivity index (χ0) is 24.6. The van der Waals surface area contributed by atoms with Crippen LogP contribution in [-0.4, -0.2) is 25.4 Å². The van der Waals surface area contributed by atoms with Crippen molar-refractivity contribution in [3.63, 3.8) is 0 Å². The highest BCUT2D eigenvalue weighted by Gasteiger charge is 2.27. The molecular formula is C24H18BrNO5S3. The number of aryl methyl sites for hydroxylation is 1. The van der Waals surface area contributed by atoms with E-state index in [0.29, 0.717) is 16.0 Å². The number of amides is 1. The Morgan fingerprint density at radius 1 is 0.941 bits per heavy atom. The minimum atomic E-state index is -3.79. The summed E-state index contributed by atoms with van der Waals surface area (Å²) in [5.41, 5.74) is 2.13. The molecular weight excluding hydrogens is 558 g/mol. The van der Waals surface area contributed by atoms with Crippen molar-refractivity contribution in [2.45, 2.75) is 23.6 Å². The fraction of sp³-hybridized carbons (Fsp3) is 0.0833. The van der Waals surface area contributed by atoms with E-state index in [4.69, 9.17) is 0 Å². The van der Waals surface area contributed by atoms with Crippen molar-refractivity contribution in [2.24, 2.45) is 0 Å². The van der Waals surface area contributed by atoms with Crippen LogP contribution in [0.5, 0.6) is 0 Å². The first-order valence-corrected chi connectivity index (χ1v) is 13.9. The predicted octanol–water partition coefficient (Wildman–Crippen LogP) is 6.64. The van der Waals surface area contributed by atoms with Crippen LogP contribution in [0.25, 0.3) is 10.4 Å². The second-order valence-electron chi connectivity index (χ2n) is 7.49. The normalized spacial score (nSPS) is 11.4. The number of rotatable bonds is 6. The lowest BCUT2D eigenvalue weighted by atomic mass is 10.1. The van der Waals surface area contributed by atoms with Crippen LogP contribution in [-0.2, 0) is 9.84 Å². The number of carboxylic acid groups (broad SMARTS) is 1. The Hall–Kier alpha value is -2.79. The lowest BCUT2D eigenvalue weighted by Gasteiger charge is -2.07. The summed E-state index contributed by atoms with van der Waals surface area (Å²) in [7, 11) is -3.79. The van der Waals surface area contributed by atoms with Crippen LogP contribution in [0, 0.1) is 13.8 Å². The van der Waals surface area contributed by atoms with E-state index in [2.05, 4.69) is 21.2 Å². The number of halogens is 1. The molecule has 4 aromatic rings. The van der Waals surface area contributed by atoms with E-state index in [1.54, 1.807) is 36.6 Å². The molecule has 10 heteroatoms. The van der Waals surface area contributed by atoms with Gasteiger partial charge in [0.2, 0.25) is 9.84 Å². The minimum Gasteiger partial charge on any atom is -0.478 e. The van der Waals surface area contributed by atoms with Gasteiger partial charge in [-0.15, -0.1) is 22.7 Å². The molecule has 0 saturated carbocycles. The van der Waals surface area contributed by atoms with Gasteiger partial charge in [-0.2, -0.15) is 0 Å². The quantitative estimate of drug-likeness (QED) is 0.268. The number of anilines is 1. The Kier molecular flexibility index (Phi) is 6.77. The molecule has 4 rings (SSSR count). The zero-order valence-corrected chi connectivity index (χ0v) is 22.0. The van der Waals surface area contributed by atoms with Crippen molar-refractivity contribution in [3.05, 3.63) is 85.3 Å². The van der Waals surface area contributed by atoms with Gasteiger partial charge in [-0.1, -0.05) is 45.8 Å². The molecule has 0 unspecified atom stereocenters.